The number of thioether (sulfide) groups is 2. The van der Waals surface area contributed by atoms with Crippen LogP contribution in [0.1, 0.15) is 21.3 Å². The Balaban J connectivity index is 1.13. The molecule has 4 aromatic carbocycles. The highest BCUT2D eigenvalue weighted by atomic mass is 127. The Kier molecular flexibility index (Phi) is 9.73. The maximum absolute atomic E-state index is 12.2. The molecule has 0 atom stereocenters. The van der Waals surface area contributed by atoms with E-state index >= 15 is 0 Å². The van der Waals surface area contributed by atoms with Crippen molar-refractivity contribution in [1.82, 2.24) is 5.43 Å². The number of hydrogen-bond donors (Lipinski definition) is 1. The average molecular weight is 766 g/mol. The molecular weight excluding hydrogens is 742 g/mol. The molecule has 4 aromatic rings. The van der Waals surface area contributed by atoms with Gasteiger partial charge in [0.2, 0.25) is 0 Å². The van der Waals surface area contributed by atoms with Gasteiger partial charge in [0.25, 0.3) is 5.91 Å². The van der Waals surface area contributed by atoms with Crippen molar-refractivity contribution in [2.45, 2.75) is 11.2 Å². The molecule has 9 heteroatoms. The second-order valence-corrected chi connectivity index (χ2v) is 13.5. The molecule has 0 spiro atoms. The summed E-state index contributed by atoms with van der Waals surface area (Å²) in [5.41, 5.74) is 5.84. The van der Waals surface area contributed by atoms with Crippen molar-refractivity contribution < 1.29 is 14.3 Å². The van der Waals surface area contributed by atoms with Crippen molar-refractivity contribution in [2.75, 3.05) is 18.1 Å². The second kappa shape index (κ2) is 13.4. The van der Waals surface area contributed by atoms with Gasteiger partial charge in [0.15, 0.2) is 6.61 Å². The second-order valence-electron chi connectivity index (χ2n) is 8.47. The fourth-order valence-electron chi connectivity index (χ4n) is 3.99. The Morgan fingerprint density at radius 2 is 1.66 bits per heavy atom. The molecule has 1 saturated heterocycles. The summed E-state index contributed by atoms with van der Waals surface area (Å²) >= 11 is 8.47. The van der Waals surface area contributed by atoms with Crippen LogP contribution in [0.2, 0.25) is 0 Å². The first-order chi connectivity index (χ1) is 18.6. The van der Waals surface area contributed by atoms with Gasteiger partial charge in [-0.1, -0.05) is 54.6 Å². The molecule has 1 fully saturated rings. The van der Waals surface area contributed by atoms with Crippen LogP contribution in [-0.4, -0.2) is 30.2 Å². The van der Waals surface area contributed by atoms with E-state index in [9.17, 15) is 4.79 Å². The number of rotatable bonds is 9. The number of amides is 1. The fourth-order valence-corrected chi connectivity index (χ4v) is 8.98. The van der Waals surface area contributed by atoms with E-state index in [1.807, 2.05) is 59.9 Å². The normalized spacial score (nSPS) is 13.7. The summed E-state index contributed by atoms with van der Waals surface area (Å²) in [5.74, 6) is 3.58. The van der Waals surface area contributed by atoms with Crippen LogP contribution in [0, 0.1) is 7.14 Å². The molecule has 1 aliphatic heterocycles. The minimum atomic E-state index is -0.313. The summed E-state index contributed by atoms with van der Waals surface area (Å²) in [6, 6.07) is 26.5. The van der Waals surface area contributed by atoms with Crippen molar-refractivity contribution in [3.8, 4) is 11.5 Å². The first-order valence-electron chi connectivity index (χ1n) is 11.9. The lowest BCUT2D eigenvalue weighted by atomic mass is 10.1. The molecule has 1 N–H and O–H groups in total. The maximum atomic E-state index is 12.2. The lowest BCUT2D eigenvalue weighted by Gasteiger charge is -2.13. The quantitative estimate of drug-likeness (QED) is 0.108. The van der Waals surface area contributed by atoms with Crippen LogP contribution in [0.5, 0.6) is 11.5 Å². The summed E-state index contributed by atoms with van der Waals surface area (Å²) in [5, 5.41) is 6.50. The third-order valence-corrected chi connectivity index (χ3v) is 10.5. The van der Waals surface area contributed by atoms with Gasteiger partial charge in [0.05, 0.1) is 17.9 Å². The highest BCUT2D eigenvalue weighted by molar-refractivity contribution is 14.1. The van der Waals surface area contributed by atoms with E-state index in [1.165, 1.54) is 27.8 Å². The highest BCUT2D eigenvalue weighted by Gasteiger charge is 2.18. The maximum Gasteiger partial charge on any atom is 0.277 e. The van der Waals surface area contributed by atoms with Crippen LogP contribution >= 0.6 is 68.7 Å². The largest absolute Gasteiger partial charge is 0.487 e. The van der Waals surface area contributed by atoms with E-state index in [0.717, 1.165) is 24.0 Å². The lowest BCUT2D eigenvalue weighted by molar-refractivity contribution is -0.123. The highest BCUT2D eigenvalue weighted by Crippen LogP contribution is 2.45. The first kappa shape index (κ1) is 27.6. The number of nitrogens with zero attached hydrogens (tertiary/aromatic N) is 1. The number of hydrazone groups is 1. The van der Waals surface area contributed by atoms with Gasteiger partial charge >= 0.3 is 0 Å². The Bertz CT molecular complexity index is 1430. The molecule has 1 heterocycles. The minimum absolute atomic E-state index is 0.0976. The molecule has 0 aliphatic carbocycles. The zero-order valence-corrected chi connectivity index (χ0v) is 26.2. The molecule has 0 unspecified atom stereocenters. The molecular formula is C29H24I2N2O3S2. The van der Waals surface area contributed by atoms with Crippen molar-refractivity contribution in [3.63, 3.8) is 0 Å². The summed E-state index contributed by atoms with van der Waals surface area (Å²) in [6.45, 7) is 0.387. The number of nitrogens with one attached hydrogen (secondary N) is 1. The van der Waals surface area contributed by atoms with E-state index in [2.05, 4.69) is 98.2 Å². The Labute approximate surface area is 257 Å². The first-order valence-corrected chi connectivity index (χ1v) is 16.2. The third kappa shape index (κ3) is 7.16. The van der Waals surface area contributed by atoms with Gasteiger partial charge in [-0.3, -0.25) is 4.79 Å². The number of carbonyl (C=O) groups excluding carboxylic acids is 1. The molecule has 1 amide bonds. The Morgan fingerprint density at radius 3 is 2.42 bits per heavy atom. The molecule has 5 nitrogen and oxygen atoms in total. The predicted octanol–water partition coefficient (Wildman–Crippen LogP) is 7.64. The predicted molar refractivity (Wildman–Crippen MR) is 175 cm³/mol. The summed E-state index contributed by atoms with van der Waals surface area (Å²) in [6.07, 6.45) is 1.63. The number of fused-ring (bicyclic) bond motifs is 1. The number of hydrogen-bond acceptors (Lipinski definition) is 6. The summed E-state index contributed by atoms with van der Waals surface area (Å²) in [4.78, 5) is 12.2. The minimum Gasteiger partial charge on any atom is -0.487 e. The summed E-state index contributed by atoms with van der Waals surface area (Å²) in [7, 11) is 0. The molecule has 38 heavy (non-hydrogen) atoms. The van der Waals surface area contributed by atoms with Crippen molar-refractivity contribution in [2.24, 2.45) is 5.10 Å². The molecule has 0 bridgehead atoms. The molecule has 194 valence electrons. The number of carbonyl (C=O) groups is 1. The molecule has 0 aromatic heterocycles. The molecule has 1 aliphatic rings. The Hall–Kier alpha value is -1.96. The number of benzene rings is 4. The van der Waals surface area contributed by atoms with Crippen LogP contribution in [-0.2, 0) is 11.4 Å². The summed E-state index contributed by atoms with van der Waals surface area (Å²) < 4.78 is 14.3. The van der Waals surface area contributed by atoms with E-state index in [1.54, 1.807) is 6.21 Å². The van der Waals surface area contributed by atoms with E-state index < -0.39 is 0 Å². The van der Waals surface area contributed by atoms with Gasteiger partial charge in [0, 0.05) is 11.5 Å². The smallest absolute Gasteiger partial charge is 0.277 e. The van der Waals surface area contributed by atoms with Crippen LogP contribution in [0.4, 0.5) is 0 Å². The van der Waals surface area contributed by atoms with Gasteiger partial charge in [0.1, 0.15) is 18.1 Å². The van der Waals surface area contributed by atoms with Crippen LogP contribution in [0.15, 0.2) is 84.0 Å². The lowest BCUT2D eigenvalue weighted by Crippen LogP contribution is -2.24. The van der Waals surface area contributed by atoms with Gasteiger partial charge in [-0.2, -0.15) is 5.10 Å². The van der Waals surface area contributed by atoms with Crippen LogP contribution in [0.3, 0.4) is 0 Å². The topological polar surface area (TPSA) is 59.9 Å². The molecule has 5 rings (SSSR count). The third-order valence-electron chi connectivity index (χ3n) is 5.82. The van der Waals surface area contributed by atoms with E-state index in [-0.39, 0.29) is 12.5 Å². The van der Waals surface area contributed by atoms with Crippen LogP contribution in [0.25, 0.3) is 10.8 Å². The zero-order valence-electron chi connectivity index (χ0n) is 20.2. The fraction of sp³-hybridized carbons (Fsp3) is 0.172. The van der Waals surface area contributed by atoms with E-state index in [0.29, 0.717) is 16.9 Å². The molecule has 0 radical (unpaired) electrons. The standard InChI is InChI=1S/C29H24I2N2O3S2/c30-25-14-19(15-26(31)28(25)36-17-22-6-3-5-20-4-1-2-7-24(20)22)16-32-33-27(34)18-35-23-10-8-21(9-11-23)29-37-12-13-38-29/h1-11,14-16,29H,12-13,17-18H2,(H,33,34)/b32-16-. The van der Waals surface area contributed by atoms with Gasteiger partial charge in [-0.05, 0) is 96.9 Å². The number of halogens is 2. The Morgan fingerprint density at radius 1 is 0.947 bits per heavy atom. The zero-order chi connectivity index (χ0) is 26.3. The SMILES string of the molecule is O=C(COc1ccc(C2SCCS2)cc1)N/N=C\c1cc(I)c(OCc2cccc3ccccc23)c(I)c1. The average Bonchev–Trinajstić information content (AvgIpc) is 3.47. The van der Waals surface area contributed by atoms with Crippen molar-refractivity contribution in [3.05, 3.63) is 103 Å². The van der Waals surface area contributed by atoms with E-state index in [4.69, 9.17) is 9.47 Å². The van der Waals surface area contributed by atoms with Crippen molar-refractivity contribution >= 4 is 91.6 Å². The molecule has 0 saturated carbocycles. The van der Waals surface area contributed by atoms with Gasteiger partial charge in [-0.25, -0.2) is 5.43 Å². The van der Waals surface area contributed by atoms with Gasteiger partial charge < -0.3 is 9.47 Å². The van der Waals surface area contributed by atoms with Gasteiger partial charge in [-0.15, -0.1) is 23.5 Å². The van der Waals surface area contributed by atoms with Crippen molar-refractivity contribution in [1.29, 1.82) is 0 Å². The monoisotopic (exact) mass is 766 g/mol. The number of ether oxygens (including phenoxy) is 2. The van der Waals surface area contributed by atoms with Crippen LogP contribution < -0.4 is 14.9 Å².